The van der Waals surface area contributed by atoms with Gasteiger partial charge in [-0.15, -0.1) is 0 Å². The fourth-order valence-electron chi connectivity index (χ4n) is 1.95. The van der Waals surface area contributed by atoms with Gasteiger partial charge in [0.2, 0.25) is 0 Å². The Morgan fingerprint density at radius 3 is 2.64 bits per heavy atom. The molecule has 1 aliphatic heterocycles. The van der Waals surface area contributed by atoms with E-state index in [2.05, 4.69) is 39.8 Å². The van der Waals surface area contributed by atoms with E-state index in [1.54, 1.807) is 0 Å². The Bertz CT molecular complexity index is 116. The van der Waals surface area contributed by atoms with Crippen molar-refractivity contribution >= 4 is 22.9 Å². The van der Waals surface area contributed by atoms with E-state index >= 15 is 0 Å². The van der Waals surface area contributed by atoms with Crippen LogP contribution >= 0.6 is 22.9 Å². The highest BCUT2D eigenvalue weighted by Crippen LogP contribution is 2.30. The summed E-state index contributed by atoms with van der Waals surface area (Å²) in [6.07, 6.45) is 5.54. The first kappa shape index (κ1) is 9.78. The SMILES string of the molecule is CCC[C@@H]1C[C@H](CC)N(I)C1. The van der Waals surface area contributed by atoms with E-state index in [9.17, 15) is 0 Å². The molecular weight excluding hydrogens is 249 g/mol. The minimum atomic E-state index is 0.868. The molecule has 1 aliphatic rings. The van der Waals surface area contributed by atoms with Crippen molar-refractivity contribution in [2.45, 2.75) is 45.6 Å². The summed E-state index contributed by atoms with van der Waals surface area (Å²) in [7, 11) is 0. The van der Waals surface area contributed by atoms with Gasteiger partial charge in [0.25, 0.3) is 0 Å². The van der Waals surface area contributed by atoms with Crippen molar-refractivity contribution in [3.63, 3.8) is 0 Å². The average Bonchev–Trinajstić information content (AvgIpc) is 2.32. The summed E-state index contributed by atoms with van der Waals surface area (Å²) in [5.74, 6) is 0.988. The topological polar surface area (TPSA) is 3.24 Å². The number of rotatable bonds is 3. The first-order valence-corrected chi connectivity index (χ1v) is 5.66. The van der Waals surface area contributed by atoms with E-state index in [-0.39, 0.29) is 0 Å². The molecule has 2 heteroatoms. The fraction of sp³-hybridized carbons (Fsp3) is 1.00. The van der Waals surface area contributed by atoms with Crippen LogP contribution < -0.4 is 0 Å². The number of nitrogens with zero attached hydrogens (tertiary/aromatic N) is 1. The summed E-state index contributed by atoms with van der Waals surface area (Å²) in [5, 5.41) is 0. The molecule has 0 saturated carbocycles. The monoisotopic (exact) mass is 267 g/mol. The van der Waals surface area contributed by atoms with Crippen LogP contribution in [0.4, 0.5) is 0 Å². The summed E-state index contributed by atoms with van der Waals surface area (Å²) in [5.41, 5.74) is 0. The molecule has 0 aromatic rings. The van der Waals surface area contributed by atoms with E-state index in [0.29, 0.717) is 0 Å². The van der Waals surface area contributed by atoms with Gasteiger partial charge >= 0.3 is 0 Å². The van der Waals surface area contributed by atoms with E-state index < -0.39 is 0 Å². The molecule has 66 valence electrons. The van der Waals surface area contributed by atoms with Gasteiger partial charge in [0.1, 0.15) is 0 Å². The van der Waals surface area contributed by atoms with Crippen molar-refractivity contribution in [2.24, 2.45) is 5.92 Å². The summed E-state index contributed by atoms with van der Waals surface area (Å²) in [6.45, 7) is 5.91. The maximum absolute atomic E-state index is 2.50. The highest BCUT2D eigenvalue weighted by atomic mass is 127. The van der Waals surface area contributed by atoms with Gasteiger partial charge in [-0.3, -0.25) is 0 Å². The van der Waals surface area contributed by atoms with E-state index in [1.165, 1.54) is 32.2 Å². The zero-order valence-electron chi connectivity index (χ0n) is 7.52. The third kappa shape index (κ3) is 2.58. The van der Waals surface area contributed by atoms with Gasteiger partial charge in [-0.25, -0.2) is 3.11 Å². The predicted molar refractivity (Wildman–Crippen MR) is 57.8 cm³/mol. The highest BCUT2D eigenvalue weighted by Gasteiger charge is 2.28. The van der Waals surface area contributed by atoms with Crippen molar-refractivity contribution in [1.82, 2.24) is 3.11 Å². The number of hydrogen-bond donors (Lipinski definition) is 0. The molecule has 0 N–H and O–H groups in total. The van der Waals surface area contributed by atoms with Crippen LogP contribution in [0.1, 0.15) is 39.5 Å². The van der Waals surface area contributed by atoms with E-state index in [0.717, 1.165) is 12.0 Å². The summed E-state index contributed by atoms with van der Waals surface area (Å²) < 4.78 is 2.50. The zero-order valence-corrected chi connectivity index (χ0v) is 9.67. The lowest BCUT2D eigenvalue weighted by atomic mass is 10.00. The molecule has 1 fully saturated rings. The molecule has 1 rings (SSSR count). The maximum atomic E-state index is 2.50. The predicted octanol–water partition coefficient (Wildman–Crippen LogP) is 3.24. The quantitative estimate of drug-likeness (QED) is 0.560. The fourth-order valence-corrected chi connectivity index (χ4v) is 3.13. The molecule has 2 atom stereocenters. The molecule has 0 aromatic heterocycles. The van der Waals surface area contributed by atoms with Crippen LogP contribution in [-0.2, 0) is 0 Å². The van der Waals surface area contributed by atoms with Gasteiger partial charge in [-0.2, -0.15) is 0 Å². The Labute approximate surface area is 84.0 Å². The van der Waals surface area contributed by atoms with Gasteiger partial charge in [0.05, 0.1) is 0 Å². The average molecular weight is 267 g/mol. The van der Waals surface area contributed by atoms with Crippen LogP contribution in [0.2, 0.25) is 0 Å². The standard InChI is InChI=1S/C9H18IN/c1-3-5-8-6-9(4-2)11(10)7-8/h8-9H,3-7H2,1-2H3/t8-,9+/m1/s1. The lowest BCUT2D eigenvalue weighted by molar-refractivity contribution is 0.457. The van der Waals surface area contributed by atoms with Crippen LogP contribution in [0.15, 0.2) is 0 Å². The molecule has 0 unspecified atom stereocenters. The lowest BCUT2D eigenvalue weighted by Gasteiger charge is -2.13. The molecule has 0 spiro atoms. The number of halogens is 1. The Hall–Kier alpha value is 0.690. The molecule has 11 heavy (non-hydrogen) atoms. The normalized spacial score (nSPS) is 33.0. The van der Waals surface area contributed by atoms with Crippen LogP contribution in [0.3, 0.4) is 0 Å². The number of hydrogen-bond acceptors (Lipinski definition) is 1. The molecule has 0 radical (unpaired) electrons. The molecule has 1 nitrogen and oxygen atoms in total. The first-order valence-electron chi connectivity index (χ1n) is 4.70. The van der Waals surface area contributed by atoms with Gasteiger partial charge in [-0.1, -0.05) is 20.3 Å². The second-order valence-electron chi connectivity index (χ2n) is 3.53. The lowest BCUT2D eigenvalue weighted by Crippen LogP contribution is -2.17. The minimum absolute atomic E-state index is 0.868. The van der Waals surface area contributed by atoms with Gasteiger partial charge < -0.3 is 0 Å². The van der Waals surface area contributed by atoms with Crippen LogP contribution in [0.25, 0.3) is 0 Å². The van der Waals surface area contributed by atoms with Crippen molar-refractivity contribution in [3.8, 4) is 0 Å². The minimum Gasteiger partial charge on any atom is -0.244 e. The maximum Gasteiger partial charge on any atom is 0.0204 e. The Kier molecular flexibility index (Phi) is 4.13. The third-order valence-electron chi connectivity index (χ3n) is 2.60. The summed E-state index contributed by atoms with van der Waals surface area (Å²) >= 11 is 2.48. The summed E-state index contributed by atoms with van der Waals surface area (Å²) in [4.78, 5) is 0. The largest absolute Gasteiger partial charge is 0.244 e. The zero-order chi connectivity index (χ0) is 8.27. The van der Waals surface area contributed by atoms with Gasteiger partial charge in [-0.05, 0) is 25.2 Å². The highest BCUT2D eigenvalue weighted by molar-refractivity contribution is 14.1. The Morgan fingerprint density at radius 1 is 1.45 bits per heavy atom. The van der Waals surface area contributed by atoms with Crippen LogP contribution in [0.5, 0.6) is 0 Å². The Morgan fingerprint density at radius 2 is 2.18 bits per heavy atom. The smallest absolute Gasteiger partial charge is 0.0204 e. The van der Waals surface area contributed by atoms with Crippen LogP contribution in [-0.4, -0.2) is 15.7 Å². The molecule has 1 heterocycles. The summed E-state index contributed by atoms with van der Waals surface area (Å²) in [6, 6.07) is 0.868. The van der Waals surface area contributed by atoms with Gasteiger partial charge in [0.15, 0.2) is 0 Å². The van der Waals surface area contributed by atoms with Crippen molar-refractivity contribution < 1.29 is 0 Å². The van der Waals surface area contributed by atoms with Crippen molar-refractivity contribution in [2.75, 3.05) is 6.54 Å². The first-order chi connectivity index (χ1) is 5.27. The molecule has 0 aromatic carbocycles. The molecular formula is C9H18IN. The Balaban J connectivity index is 2.30. The molecule has 0 amide bonds. The van der Waals surface area contributed by atoms with Crippen molar-refractivity contribution in [3.05, 3.63) is 0 Å². The van der Waals surface area contributed by atoms with Gasteiger partial charge in [0, 0.05) is 35.5 Å². The molecule has 0 bridgehead atoms. The van der Waals surface area contributed by atoms with Crippen molar-refractivity contribution in [1.29, 1.82) is 0 Å². The molecule has 1 saturated heterocycles. The van der Waals surface area contributed by atoms with E-state index in [1.807, 2.05) is 0 Å². The van der Waals surface area contributed by atoms with E-state index in [4.69, 9.17) is 0 Å². The van der Waals surface area contributed by atoms with Crippen LogP contribution in [0, 0.1) is 5.92 Å². The molecule has 0 aliphatic carbocycles. The third-order valence-corrected chi connectivity index (χ3v) is 3.78. The second-order valence-corrected chi connectivity index (χ2v) is 4.77. The second kappa shape index (κ2) is 4.65.